The number of nitrogens with zero attached hydrogens (tertiary/aromatic N) is 4. The van der Waals surface area contributed by atoms with Crippen LogP contribution in [0.5, 0.6) is 0 Å². The third-order valence-corrected chi connectivity index (χ3v) is 9.13. The number of rotatable bonds is 4. The van der Waals surface area contributed by atoms with Gasteiger partial charge in [-0.1, -0.05) is 12.8 Å². The topological polar surface area (TPSA) is 75.5 Å². The first-order chi connectivity index (χ1) is 15.0. The van der Waals surface area contributed by atoms with Crippen molar-refractivity contribution < 1.29 is 8.42 Å². The van der Waals surface area contributed by atoms with Crippen molar-refractivity contribution >= 4 is 26.4 Å². The average molecular weight is 445 g/mol. The Morgan fingerprint density at radius 3 is 2.39 bits per heavy atom. The van der Waals surface area contributed by atoms with Crippen molar-refractivity contribution in [2.45, 2.75) is 44.6 Å². The molecule has 0 unspecified atom stereocenters. The van der Waals surface area contributed by atoms with E-state index in [1.807, 2.05) is 10.6 Å². The highest BCUT2D eigenvalue weighted by atomic mass is 32.2. The average Bonchev–Trinajstić information content (AvgIpc) is 3.30. The van der Waals surface area contributed by atoms with Gasteiger partial charge in [-0.25, -0.2) is 13.4 Å². The van der Waals surface area contributed by atoms with Crippen LogP contribution in [0.1, 0.15) is 44.6 Å². The van der Waals surface area contributed by atoms with Crippen molar-refractivity contribution in [1.29, 1.82) is 0 Å². The summed E-state index contributed by atoms with van der Waals surface area (Å²) in [5, 5.41) is 0.712. The number of sulfone groups is 1. The van der Waals surface area contributed by atoms with Gasteiger partial charge in [0.05, 0.1) is 28.7 Å². The summed E-state index contributed by atoms with van der Waals surface area (Å²) >= 11 is 0. The highest BCUT2D eigenvalue weighted by Crippen LogP contribution is 2.29. The highest BCUT2D eigenvalue weighted by molar-refractivity contribution is 7.91. The maximum Gasteiger partial charge on any atom is 0.261 e. The Labute approximate surface area is 184 Å². The molecule has 5 rings (SSSR count). The van der Waals surface area contributed by atoms with Gasteiger partial charge >= 0.3 is 0 Å². The molecular formula is C23H32N4O3S. The largest absolute Gasteiger partial charge is 0.369 e. The molecule has 0 atom stereocenters. The minimum absolute atomic E-state index is 0.0859. The van der Waals surface area contributed by atoms with E-state index in [0.717, 1.165) is 69.6 Å². The zero-order valence-electron chi connectivity index (χ0n) is 18.1. The van der Waals surface area contributed by atoms with Crippen LogP contribution in [0.3, 0.4) is 0 Å². The van der Waals surface area contributed by atoms with Crippen molar-refractivity contribution in [2.75, 3.05) is 49.1 Å². The number of fused-ring (bicyclic) bond motifs is 1. The van der Waals surface area contributed by atoms with Crippen molar-refractivity contribution in [3.05, 3.63) is 34.9 Å². The zero-order valence-corrected chi connectivity index (χ0v) is 18.9. The molecule has 1 saturated carbocycles. The summed E-state index contributed by atoms with van der Waals surface area (Å²) in [6.07, 6.45) is 7.89. The molecule has 1 aromatic carbocycles. The van der Waals surface area contributed by atoms with E-state index in [2.05, 4.69) is 26.9 Å². The molecular weight excluding hydrogens is 412 g/mol. The van der Waals surface area contributed by atoms with Gasteiger partial charge in [-0.3, -0.25) is 14.3 Å². The van der Waals surface area contributed by atoms with E-state index in [-0.39, 0.29) is 5.56 Å². The molecule has 1 aliphatic carbocycles. The fraction of sp³-hybridized carbons (Fsp3) is 0.652. The number of anilines is 1. The Hall–Kier alpha value is -1.93. The van der Waals surface area contributed by atoms with E-state index in [4.69, 9.17) is 0 Å². The first-order valence-corrected chi connectivity index (χ1v) is 13.5. The normalized spacial score (nSPS) is 23.5. The molecule has 0 amide bonds. The van der Waals surface area contributed by atoms with Gasteiger partial charge in [0.25, 0.3) is 5.56 Å². The molecule has 168 valence electrons. The van der Waals surface area contributed by atoms with Gasteiger partial charge in [0.2, 0.25) is 0 Å². The van der Waals surface area contributed by atoms with Crippen LogP contribution in [0.25, 0.3) is 10.9 Å². The summed E-state index contributed by atoms with van der Waals surface area (Å²) in [6, 6.07) is 6.37. The second-order valence-corrected chi connectivity index (χ2v) is 11.8. The fourth-order valence-electron chi connectivity index (χ4n) is 5.44. The summed E-state index contributed by atoms with van der Waals surface area (Å²) in [5.74, 6) is 1.20. The molecule has 3 aliphatic rings. The number of benzene rings is 1. The molecule has 2 aromatic rings. The second kappa shape index (κ2) is 8.54. The molecule has 0 spiro atoms. The van der Waals surface area contributed by atoms with Gasteiger partial charge in [0, 0.05) is 44.5 Å². The fourth-order valence-corrected chi connectivity index (χ4v) is 7.03. The van der Waals surface area contributed by atoms with Crippen LogP contribution in [0, 0.1) is 5.92 Å². The van der Waals surface area contributed by atoms with Crippen LogP contribution < -0.4 is 10.5 Å². The number of piperazine rings is 1. The quantitative estimate of drug-likeness (QED) is 0.721. The molecule has 2 saturated heterocycles. The molecule has 0 bridgehead atoms. The van der Waals surface area contributed by atoms with E-state index in [1.165, 1.54) is 12.8 Å². The van der Waals surface area contributed by atoms with Crippen molar-refractivity contribution in [2.24, 2.45) is 5.92 Å². The minimum Gasteiger partial charge on any atom is -0.369 e. The Kier molecular flexibility index (Phi) is 5.77. The molecule has 7 nitrogen and oxygen atoms in total. The standard InChI is InChI=1S/C23H32N4O3S/c28-23-21-6-5-20(15-22(21)24-17-27(23)19-3-1-2-4-19)26-11-9-25(10-12-26)16-18-7-13-31(29,30)14-8-18/h5-6,15,17-19H,1-4,7-14,16H2. The van der Waals surface area contributed by atoms with E-state index < -0.39 is 9.84 Å². The maximum atomic E-state index is 12.9. The van der Waals surface area contributed by atoms with E-state index >= 15 is 0 Å². The van der Waals surface area contributed by atoms with Crippen molar-refractivity contribution in [3.8, 4) is 0 Å². The molecule has 3 heterocycles. The summed E-state index contributed by atoms with van der Waals surface area (Å²) in [6.45, 7) is 4.85. The number of hydrogen-bond donors (Lipinski definition) is 0. The summed E-state index contributed by atoms with van der Waals surface area (Å²) < 4.78 is 25.1. The van der Waals surface area contributed by atoms with E-state index in [1.54, 1.807) is 6.33 Å². The monoisotopic (exact) mass is 444 g/mol. The first kappa shape index (κ1) is 20.9. The Morgan fingerprint density at radius 1 is 0.968 bits per heavy atom. The predicted octanol–water partition coefficient (Wildman–Crippen LogP) is 2.46. The molecule has 8 heteroatoms. The highest BCUT2D eigenvalue weighted by Gasteiger charge is 2.27. The predicted molar refractivity (Wildman–Crippen MR) is 124 cm³/mol. The third-order valence-electron chi connectivity index (χ3n) is 7.41. The van der Waals surface area contributed by atoms with Gasteiger partial charge in [-0.05, 0) is 49.8 Å². The number of hydrogen-bond acceptors (Lipinski definition) is 6. The minimum atomic E-state index is -2.79. The molecule has 0 N–H and O–H groups in total. The van der Waals surface area contributed by atoms with Crippen LogP contribution in [0.2, 0.25) is 0 Å². The maximum absolute atomic E-state index is 12.9. The Bertz CT molecular complexity index is 1090. The van der Waals surface area contributed by atoms with Gasteiger partial charge in [0.15, 0.2) is 0 Å². The van der Waals surface area contributed by atoms with Crippen LogP contribution in [0.15, 0.2) is 29.3 Å². The van der Waals surface area contributed by atoms with Crippen molar-refractivity contribution in [3.63, 3.8) is 0 Å². The lowest BCUT2D eigenvalue weighted by molar-refractivity contribution is 0.211. The SMILES string of the molecule is O=c1c2ccc(N3CCN(CC4CCS(=O)(=O)CC4)CC3)cc2ncn1C1CCCC1. The lowest BCUT2D eigenvalue weighted by Gasteiger charge is -2.38. The lowest BCUT2D eigenvalue weighted by Crippen LogP contribution is -2.48. The van der Waals surface area contributed by atoms with Gasteiger partial charge in [-0.2, -0.15) is 0 Å². The van der Waals surface area contributed by atoms with Gasteiger partial charge in [-0.15, -0.1) is 0 Å². The summed E-state index contributed by atoms with van der Waals surface area (Å²) in [4.78, 5) is 22.4. The molecule has 2 aliphatic heterocycles. The van der Waals surface area contributed by atoms with Crippen LogP contribution in [-0.4, -0.2) is 67.1 Å². The van der Waals surface area contributed by atoms with Crippen LogP contribution in [-0.2, 0) is 9.84 Å². The van der Waals surface area contributed by atoms with Crippen molar-refractivity contribution in [1.82, 2.24) is 14.5 Å². The lowest BCUT2D eigenvalue weighted by atomic mass is 10.0. The smallest absolute Gasteiger partial charge is 0.261 e. The Morgan fingerprint density at radius 2 is 1.68 bits per heavy atom. The van der Waals surface area contributed by atoms with Gasteiger partial charge in [0.1, 0.15) is 9.84 Å². The Balaban J connectivity index is 1.22. The van der Waals surface area contributed by atoms with Crippen LogP contribution >= 0.6 is 0 Å². The molecule has 31 heavy (non-hydrogen) atoms. The zero-order chi connectivity index (χ0) is 21.4. The molecule has 1 aromatic heterocycles. The first-order valence-electron chi connectivity index (χ1n) is 11.7. The summed E-state index contributed by atoms with van der Waals surface area (Å²) in [5.41, 5.74) is 1.99. The van der Waals surface area contributed by atoms with Crippen LogP contribution in [0.4, 0.5) is 5.69 Å². The third kappa shape index (κ3) is 4.51. The molecule has 0 radical (unpaired) electrons. The second-order valence-electron chi connectivity index (χ2n) is 9.48. The van der Waals surface area contributed by atoms with E-state index in [0.29, 0.717) is 28.9 Å². The number of aromatic nitrogens is 2. The molecule has 3 fully saturated rings. The van der Waals surface area contributed by atoms with Gasteiger partial charge < -0.3 is 4.90 Å². The van der Waals surface area contributed by atoms with E-state index in [9.17, 15) is 13.2 Å². The summed E-state index contributed by atoms with van der Waals surface area (Å²) in [7, 11) is -2.79.